The van der Waals surface area contributed by atoms with E-state index in [1.165, 1.54) is 6.08 Å². The number of hydrogen-bond acceptors (Lipinski definition) is 2. The van der Waals surface area contributed by atoms with E-state index in [0.717, 1.165) is 21.3 Å². The van der Waals surface area contributed by atoms with Crippen molar-refractivity contribution < 1.29 is 9.59 Å². The summed E-state index contributed by atoms with van der Waals surface area (Å²) < 4.78 is 0.891. The molecular weight excluding hydrogens is 402 g/mol. The average Bonchev–Trinajstić information content (AvgIpc) is 2.94. The molecule has 4 rings (SSSR count). The molecule has 0 radical (unpaired) electrons. The summed E-state index contributed by atoms with van der Waals surface area (Å²) in [5.74, 6) is -0.328. The molecule has 0 atom stereocenters. The highest BCUT2D eigenvalue weighted by Crippen LogP contribution is 2.39. The molecule has 0 N–H and O–H groups in total. The first-order valence-corrected chi connectivity index (χ1v) is 9.39. The Morgan fingerprint density at radius 2 is 1.59 bits per heavy atom. The number of fused-ring (bicyclic) bond motifs is 1. The quantitative estimate of drug-likeness (QED) is 0.428. The lowest BCUT2D eigenvalue weighted by Gasteiger charge is -2.17. The van der Waals surface area contributed by atoms with Crippen molar-refractivity contribution in [2.75, 3.05) is 4.90 Å². The largest absolute Gasteiger partial charge is 0.303 e. The molecule has 132 valence electrons. The summed E-state index contributed by atoms with van der Waals surface area (Å²) in [4.78, 5) is 27.5. The van der Waals surface area contributed by atoms with E-state index in [4.69, 9.17) is 0 Å². The van der Waals surface area contributed by atoms with Crippen LogP contribution in [-0.2, 0) is 11.3 Å². The van der Waals surface area contributed by atoms with E-state index in [-0.39, 0.29) is 11.7 Å². The van der Waals surface area contributed by atoms with Crippen LogP contribution in [0.15, 0.2) is 89.4 Å². The summed E-state index contributed by atoms with van der Waals surface area (Å²) in [6, 6.07) is 24.5. The highest BCUT2D eigenvalue weighted by Gasteiger charge is 2.33. The van der Waals surface area contributed by atoms with Gasteiger partial charge >= 0.3 is 0 Å². The van der Waals surface area contributed by atoms with Gasteiger partial charge in [0.25, 0.3) is 5.91 Å². The SMILES string of the molecule is O=C(/C=C1/C(=O)N(Cc2ccccc2)c2cc(Br)ccc21)c1ccccc1. The third kappa shape index (κ3) is 3.49. The highest BCUT2D eigenvalue weighted by molar-refractivity contribution is 9.10. The molecule has 1 aliphatic heterocycles. The molecule has 0 spiro atoms. The van der Waals surface area contributed by atoms with Crippen molar-refractivity contribution in [3.8, 4) is 0 Å². The molecule has 27 heavy (non-hydrogen) atoms. The van der Waals surface area contributed by atoms with E-state index in [9.17, 15) is 9.59 Å². The smallest absolute Gasteiger partial charge is 0.259 e. The van der Waals surface area contributed by atoms with Gasteiger partial charge in [0, 0.05) is 15.6 Å². The second-order valence-electron chi connectivity index (χ2n) is 6.33. The highest BCUT2D eigenvalue weighted by atomic mass is 79.9. The van der Waals surface area contributed by atoms with Gasteiger partial charge in [0.15, 0.2) is 5.78 Å². The molecule has 1 heterocycles. The van der Waals surface area contributed by atoms with Crippen LogP contribution in [0.5, 0.6) is 0 Å². The van der Waals surface area contributed by atoms with Gasteiger partial charge in [-0.3, -0.25) is 9.59 Å². The van der Waals surface area contributed by atoms with Crippen LogP contribution in [0.1, 0.15) is 21.5 Å². The zero-order chi connectivity index (χ0) is 18.8. The number of nitrogens with zero attached hydrogens (tertiary/aromatic N) is 1. The minimum Gasteiger partial charge on any atom is -0.303 e. The normalized spacial score (nSPS) is 14.5. The van der Waals surface area contributed by atoms with Crippen LogP contribution in [0.25, 0.3) is 5.57 Å². The third-order valence-electron chi connectivity index (χ3n) is 4.53. The van der Waals surface area contributed by atoms with Crippen LogP contribution in [0.2, 0.25) is 0 Å². The van der Waals surface area contributed by atoms with E-state index >= 15 is 0 Å². The number of carbonyl (C=O) groups excluding carboxylic acids is 2. The van der Waals surface area contributed by atoms with Crippen LogP contribution in [0, 0.1) is 0 Å². The van der Waals surface area contributed by atoms with Crippen molar-refractivity contribution in [2.24, 2.45) is 0 Å². The molecule has 1 aliphatic rings. The maximum Gasteiger partial charge on any atom is 0.259 e. The zero-order valence-corrected chi connectivity index (χ0v) is 16.0. The van der Waals surface area contributed by atoms with Crippen molar-refractivity contribution in [2.45, 2.75) is 6.54 Å². The maximum absolute atomic E-state index is 13.1. The molecule has 0 aliphatic carbocycles. The minimum absolute atomic E-state index is 0.156. The Labute approximate surface area is 166 Å². The van der Waals surface area contributed by atoms with Crippen LogP contribution < -0.4 is 4.90 Å². The summed E-state index contributed by atoms with van der Waals surface area (Å²) >= 11 is 3.48. The van der Waals surface area contributed by atoms with Gasteiger partial charge in [-0.1, -0.05) is 82.7 Å². The topological polar surface area (TPSA) is 37.4 Å². The van der Waals surface area contributed by atoms with Gasteiger partial charge < -0.3 is 4.90 Å². The van der Waals surface area contributed by atoms with E-state index in [1.54, 1.807) is 17.0 Å². The van der Waals surface area contributed by atoms with Crippen LogP contribution >= 0.6 is 15.9 Å². The Kier molecular flexibility index (Phi) is 4.73. The number of amides is 1. The van der Waals surface area contributed by atoms with Gasteiger partial charge in [-0.05, 0) is 23.8 Å². The van der Waals surface area contributed by atoms with Crippen LogP contribution in [0.3, 0.4) is 0 Å². The van der Waals surface area contributed by atoms with Crippen LogP contribution in [-0.4, -0.2) is 11.7 Å². The lowest BCUT2D eigenvalue weighted by Crippen LogP contribution is -2.25. The molecule has 3 aromatic rings. The molecular formula is C23H16BrNO2. The number of carbonyl (C=O) groups is 2. The van der Waals surface area contributed by atoms with Crippen molar-refractivity contribution in [1.29, 1.82) is 0 Å². The summed E-state index contributed by atoms with van der Waals surface area (Å²) in [6.45, 7) is 0.458. The monoisotopic (exact) mass is 417 g/mol. The standard InChI is InChI=1S/C23H16BrNO2/c24-18-11-12-19-20(14-22(26)17-9-5-2-6-10-17)23(27)25(21(19)13-18)15-16-7-3-1-4-8-16/h1-14H,15H2/b20-14+. The van der Waals surface area contributed by atoms with Gasteiger partial charge in [0.05, 0.1) is 17.8 Å². The second-order valence-corrected chi connectivity index (χ2v) is 7.24. The third-order valence-corrected chi connectivity index (χ3v) is 5.03. The lowest BCUT2D eigenvalue weighted by atomic mass is 10.0. The Bertz CT molecular complexity index is 1040. The fourth-order valence-electron chi connectivity index (χ4n) is 3.21. The van der Waals surface area contributed by atoms with Crippen molar-refractivity contribution >= 4 is 38.9 Å². The van der Waals surface area contributed by atoms with E-state index in [0.29, 0.717) is 17.7 Å². The first kappa shape index (κ1) is 17.4. The zero-order valence-electron chi connectivity index (χ0n) is 14.4. The average molecular weight is 418 g/mol. The molecule has 0 aromatic heterocycles. The molecule has 3 aromatic carbocycles. The van der Waals surface area contributed by atoms with Crippen molar-refractivity contribution in [1.82, 2.24) is 0 Å². The molecule has 4 heteroatoms. The fraction of sp³-hybridized carbons (Fsp3) is 0.0435. The number of anilines is 1. The predicted molar refractivity (Wildman–Crippen MR) is 111 cm³/mol. The van der Waals surface area contributed by atoms with Crippen molar-refractivity contribution in [3.63, 3.8) is 0 Å². The predicted octanol–water partition coefficient (Wildman–Crippen LogP) is 5.26. The summed E-state index contributed by atoms with van der Waals surface area (Å²) in [5, 5.41) is 0. The van der Waals surface area contributed by atoms with E-state index < -0.39 is 0 Å². The van der Waals surface area contributed by atoms with Gasteiger partial charge in [-0.15, -0.1) is 0 Å². The number of ketones is 1. The molecule has 1 amide bonds. The molecule has 0 fully saturated rings. The molecule has 0 bridgehead atoms. The molecule has 3 nitrogen and oxygen atoms in total. The van der Waals surface area contributed by atoms with Crippen molar-refractivity contribution in [3.05, 3.63) is 106 Å². The summed E-state index contributed by atoms with van der Waals surface area (Å²) in [6.07, 6.45) is 1.45. The van der Waals surface area contributed by atoms with E-state index in [1.807, 2.05) is 66.7 Å². The first-order valence-electron chi connectivity index (χ1n) is 8.60. The maximum atomic E-state index is 13.1. The molecule has 0 unspecified atom stereocenters. The van der Waals surface area contributed by atoms with Crippen LogP contribution in [0.4, 0.5) is 5.69 Å². The Morgan fingerprint density at radius 3 is 2.30 bits per heavy atom. The number of allylic oxidation sites excluding steroid dienone is 1. The number of rotatable bonds is 4. The Balaban J connectivity index is 1.75. The lowest BCUT2D eigenvalue weighted by molar-refractivity contribution is -0.113. The molecule has 0 saturated heterocycles. The van der Waals surface area contributed by atoms with Gasteiger partial charge in [0.2, 0.25) is 0 Å². The second kappa shape index (κ2) is 7.33. The number of hydrogen-bond donors (Lipinski definition) is 0. The van der Waals surface area contributed by atoms with E-state index in [2.05, 4.69) is 15.9 Å². The Morgan fingerprint density at radius 1 is 0.926 bits per heavy atom. The van der Waals surface area contributed by atoms with Gasteiger partial charge in [-0.2, -0.15) is 0 Å². The fourth-order valence-corrected chi connectivity index (χ4v) is 3.55. The first-order chi connectivity index (χ1) is 13.1. The molecule has 0 saturated carbocycles. The summed E-state index contributed by atoms with van der Waals surface area (Å²) in [7, 11) is 0. The van der Waals surface area contributed by atoms with Gasteiger partial charge in [0.1, 0.15) is 0 Å². The Hall–Kier alpha value is -2.98. The number of halogens is 1. The van der Waals surface area contributed by atoms with Gasteiger partial charge in [-0.25, -0.2) is 0 Å². The number of benzene rings is 3. The summed E-state index contributed by atoms with van der Waals surface area (Å²) in [5.41, 5.74) is 3.63. The minimum atomic E-state index is -0.172.